The number of likely N-dealkylation sites (N-methyl/N-ethyl adjacent to an activating group) is 1. The molecule has 41 heavy (non-hydrogen) atoms. The number of hydrogen-bond donors (Lipinski definition) is 2. The number of carbonyl (C=O) groups excluding carboxylic acids is 3. The van der Waals surface area contributed by atoms with Gasteiger partial charge < -0.3 is 10.6 Å². The molecule has 0 bridgehead atoms. The van der Waals surface area contributed by atoms with E-state index in [-0.39, 0.29) is 24.8 Å². The van der Waals surface area contributed by atoms with E-state index < -0.39 is 23.9 Å². The van der Waals surface area contributed by atoms with Crippen LogP contribution in [-0.2, 0) is 22.6 Å². The zero-order chi connectivity index (χ0) is 29.2. The quantitative estimate of drug-likeness (QED) is 0.182. The number of rotatable bonds is 11. The van der Waals surface area contributed by atoms with Crippen LogP contribution in [-0.4, -0.2) is 46.9 Å². The summed E-state index contributed by atoms with van der Waals surface area (Å²) in [5.74, 6) is -1.17. The van der Waals surface area contributed by atoms with Gasteiger partial charge in [-0.25, -0.2) is 10.0 Å². The molecule has 10 heteroatoms. The number of nitrogens with zero attached hydrogens (tertiary/aromatic N) is 3. The predicted molar refractivity (Wildman–Crippen MR) is 160 cm³/mol. The fourth-order valence-electron chi connectivity index (χ4n) is 5.11. The molecule has 0 radical (unpaired) electrons. The van der Waals surface area contributed by atoms with Crippen LogP contribution in [0.3, 0.4) is 0 Å². The van der Waals surface area contributed by atoms with Crippen molar-refractivity contribution in [3.63, 3.8) is 0 Å². The van der Waals surface area contributed by atoms with Crippen molar-refractivity contribution < 1.29 is 14.4 Å². The van der Waals surface area contributed by atoms with Crippen molar-refractivity contribution in [2.75, 3.05) is 7.05 Å². The molecule has 3 aromatic rings. The fraction of sp³-hybridized carbons (Fsp3) is 0.355. The number of hydrogen-bond acceptors (Lipinski definition) is 6. The van der Waals surface area contributed by atoms with E-state index in [2.05, 4.69) is 16.8 Å². The minimum absolute atomic E-state index is 0.0293. The van der Waals surface area contributed by atoms with E-state index in [0.29, 0.717) is 9.90 Å². The maximum atomic E-state index is 13.9. The van der Waals surface area contributed by atoms with Gasteiger partial charge in [-0.05, 0) is 53.5 Å². The molecule has 1 aromatic heterocycles. The molecular formula is C31H34ClN5O3S. The van der Waals surface area contributed by atoms with Gasteiger partial charge in [-0.1, -0.05) is 79.4 Å². The summed E-state index contributed by atoms with van der Waals surface area (Å²) in [6.07, 6.45) is 7.02. The van der Waals surface area contributed by atoms with Crippen molar-refractivity contribution in [2.45, 2.75) is 57.2 Å². The molecule has 2 N–H and O–H groups in total. The molecule has 1 heterocycles. The van der Waals surface area contributed by atoms with Crippen LogP contribution in [0.4, 0.5) is 0 Å². The highest BCUT2D eigenvalue weighted by Gasteiger charge is 2.35. The van der Waals surface area contributed by atoms with E-state index in [1.807, 2.05) is 35.7 Å². The van der Waals surface area contributed by atoms with Crippen molar-refractivity contribution in [1.29, 1.82) is 5.26 Å². The maximum absolute atomic E-state index is 13.9. The summed E-state index contributed by atoms with van der Waals surface area (Å²) in [7, 11) is 1.52. The molecule has 1 fully saturated rings. The Balaban J connectivity index is 1.55. The fourth-order valence-corrected chi connectivity index (χ4v) is 5.87. The molecule has 2 atom stereocenters. The first-order chi connectivity index (χ1) is 19.9. The first kappa shape index (κ1) is 30.1. The third kappa shape index (κ3) is 8.32. The normalized spacial score (nSPS) is 14.8. The van der Waals surface area contributed by atoms with Crippen molar-refractivity contribution in [3.8, 4) is 6.19 Å². The number of hydrazine groups is 1. The summed E-state index contributed by atoms with van der Waals surface area (Å²) in [5, 5.41) is 20.7. The van der Waals surface area contributed by atoms with E-state index in [4.69, 9.17) is 11.6 Å². The third-order valence-electron chi connectivity index (χ3n) is 7.37. The van der Waals surface area contributed by atoms with Gasteiger partial charge in [0.25, 0.3) is 11.8 Å². The summed E-state index contributed by atoms with van der Waals surface area (Å²) in [6.45, 7) is 0.156. The second-order valence-corrected chi connectivity index (χ2v) is 11.6. The smallest absolute Gasteiger partial charge is 0.264 e. The summed E-state index contributed by atoms with van der Waals surface area (Å²) in [6, 6.07) is 18.2. The first-order valence-electron chi connectivity index (χ1n) is 13.7. The van der Waals surface area contributed by atoms with E-state index in [1.54, 1.807) is 36.4 Å². The molecule has 2 aromatic carbocycles. The molecule has 4 rings (SSSR count). The number of amides is 3. The van der Waals surface area contributed by atoms with E-state index in [9.17, 15) is 19.6 Å². The van der Waals surface area contributed by atoms with Gasteiger partial charge in [-0.3, -0.25) is 14.4 Å². The summed E-state index contributed by atoms with van der Waals surface area (Å²) < 4.78 is 0. The monoisotopic (exact) mass is 591 g/mol. The number of nitrogens with one attached hydrogen (secondary N) is 2. The topological polar surface area (TPSA) is 106 Å². The Morgan fingerprint density at radius 1 is 0.976 bits per heavy atom. The molecule has 0 saturated heterocycles. The highest BCUT2D eigenvalue weighted by Crippen LogP contribution is 2.27. The van der Waals surface area contributed by atoms with Crippen LogP contribution < -0.4 is 10.6 Å². The largest absolute Gasteiger partial charge is 0.342 e. The molecule has 1 aliphatic rings. The van der Waals surface area contributed by atoms with Gasteiger partial charge in [0.05, 0.1) is 11.4 Å². The van der Waals surface area contributed by atoms with Crippen molar-refractivity contribution >= 4 is 40.7 Å². The summed E-state index contributed by atoms with van der Waals surface area (Å²) in [4.78, 5) is 41.2. The van der Waals surface area contributed by atoms with Gasteiger partial charge in [0, 0.05) is 18.5 Å². The summed E-state index contributed by atoms with van der Waals surface area (Å²) >= 11 is 7.31. The van der Waals surface area contributed by atoms with Crippen LogP contribution in [0, 0.1) is 17.4 Å². The average Bonchev–Trinajstić information content (AvgIpc) is 3.55. The Hall–Kier alpha value is -3.87. The second kappa shape index (κ2) is 14.7. The average molecular weight is 592 g/mol. The minimum atomic E-state index is -0.958. The molecule has 0 spiro atoms. The second-order valence-electron chi connectivity index (χ2n) is 10.2. The predicted octanol–water partition coefficient (Wildman–Crippen LogP) is 5.16. The van der Waals surface area contributed by atoms with Crippen molar-refractivity contribution in [3.05, 3.63) is 93.1 Å². The zero-order valence-corrected chi connectivity index (χ0v) is 24.5. The number of nitriles is 1. The molecule has 8 nitrogen and oxygen atoms in total. The van der Waals surface area contributed by atoms with E-state index in [0.717, 1.165) is 43.2 Å². The number of thiophene rings is 1. The Labute approximate surface area is 249 Å². The van der Waals surface area contributed by atoms with Crippen LogP contribution in [0.2, 0.25) is 5.02 Å². The zero-order valence-electron chi connectivity index (χ0n) is 23.0. The standard InChI is InChI=1S/C31H34ClN5O3S/c1-36(37(21-33)20-23-14-16-25(32)17-15-23)31(40)26(19-22-9-4-2-5-10-22)34-30(39)28(24-11-6-3-7-12-24)35-29(38)27-13-8-18-41-27/h2,4-5,8-10,13-18,24,26,28H,3,6-7,11-12,19-20H2,1H3,(H,34,39)(H,35,38)/t26-,28-/m0/s1. The molecular weight excluding hydrogens is 558 g/mol. The van der Waals surface area contributed by atoms with Gasteiger partial charge in [-0.15, -0.1) is 11.3 Å². The van der Waals surface area contributed by atoms with Crippen LogP contribution in [0.1, 0.15) is 52.9 Å². The van der Waals surface area contributed by atoms with Crippen LogP contribution >= 0.6 is 22.9 Å². The van der Waals surface area contributed by atoms with E-state index in [1.165, 1.54) is 28.4 Å². The SMILES string of the molecule is CN(C(=O)[C@H](Cc1ccccc1)NC(=O)[C@@H](NC(=O)c1cccs1)C1CCCCC1)N(C#N)Cc1ccc(Cl)cc1. The maximum Gasteiger partial charge on any atom is 0.264 e. The first-order valence-corrected chi connectivity index (χ1v) is 15.0. The van der Waals surface area contributed by atoms with E-state index >= 15 is 0 Å². The Bertz CT molecular complexity index is 1340. The van der Waals surface area contributed by atoms with Gasteiger partial charge in [0.2, 0.25) is 5.91 Å². The number of benzene rings is 2. The number of halogens is 1. The Kier molecular flexibility index (Phi) is 10.8. The van der Waals surface area contributed by atoms with Crippen molar-refractivity contribution in [2.24, 2.45) is 5.92 Å². The lowest BCUT2D eigenvalue weighted by Gasteiger charge is -2.33. The number of carbonyl (C=O) groups is 3. The van der Waals surface area contributed by atoms with Crippen molar-refractivity contribution in [1.82, 2.24) is 20.7 Å². The Morgan fingerprint density at radius 2 is 1.68 bits per heavy atom. The minimum Gasteiger partial charge on any atom is -0.342 e. The molecule has 3 amide bonds. The molecule has 0 aliphatic heterocycles. The van der Waals surface area contributed by atoms with Gasteiger partial charge in [-0.2, -0.15) is 5.26 Å². The summed E-state index contributed by atoms with van der Waals surface area (Å²) in [5.41, 5.74) is 1.66. The lowest BCUT2D eigenvalue weighted by Crippen LogP contribution is -2.58. The lowest BCUT2D eigenvalue weighted by atomic mass is 9.83. The molecule has 0 unspecified atom stereocenters. The Morgan fingerprint density at radius 3 is 2.32 bits per heavy atom. The molecule has 1 aliphatic carbocycles. The molecule has 214 valence electrons. The van der Waals surface area contributed by atoms with Gasteiger partial charge in [0.1, 0.15) is 12.1 Å². The van der Waals surface area contributed by atoms with Crippen LogP contribution in [0.15, 0.2) is 72.1 Å². The highest BCUT2D eigenvalue weighted by atomic mass is 35.5. The van der Waals surface area contributed by atoms with Crippen LogP contribution in [0.5, 0.6) is 0 Å². The van der Waals surface area contributed by atoms with Crippen LogP contribution in [0.25, 0.3) is 0 Å². The van der Waals surface area contributed by atoms with Gasteiger partial charge >= 0.3 is 0 Å². The molecule has 1 saturated carbocycles. The highest BCUT2D eigenvalue weighted by molar-refractivity contribution is 7.12. The van der Waals surface area contributed by atoms with Gasteiger partial charge in [0.15, 0.2) is 6.19 Å². The lowest BCUT2D eigenvalue weighted by molar-refractivity contribution is -0.146. The third-order valence-corrected chi connectivity index (χ3v) is 8.50.